The Morgan fingerprint density at radius 3 is 2.53 bits per heavy atom. The highest BCUT2D eigenvalue weighted by atomic mass is 16.6. The van der Waals surface area contributed by atoms with Crippen molar-refractivity contribution >= 4 is 5.97 Å². The van der Waals surface area contributed by atoms with E-state index in [1.54, 1.807) is 6.92 Å². The molecule has 94 valence electrons. The van der Waals surface area contributed by atoms with Crippen LogP contribution in [0.2, 0.25) is 0 Å². The minimum atomic E-state index is -0.558. The molecule has 3 unspecified atom stereocenters. The van der Waals surface area contributed by atoms with Gasteiger partial charge in [0.2, 0.25) is 0 Å². The zero-order valence-corrected chi connectivity index (χ0v) is 10.8. The predicted molar refractivity (Wildman–Crippen MR) is 65.6 cm³/mol. The molecule has 0 aliphatic carbocycles. The largest absolute Gasteiger partial charge is 0.449 e. The van der Waals surface area contributed by atoms with Gasteiger partial charge < -0.3 is 9.47 Å². The van der Waals surface area contributed by atoms with Gasteiger partial charge in [-0.15, -0.1) is 0 Å². The molecule has 2 rings (SSSR count). The molecular weight excluding hydrogens is 216 g/mol. The maximum atomic E-state index is 11.8. The van der Waals surface area contributed by atoms with E-state index in [0.717, 1.165) is 24.8 Å². The first kappa shape index (κ1) is 12.4. The van der Waals surface area contributed by atoms with Crippen LogP contribution in [0.3, 0.4) is 0 Å². The van der Waals surface area contributed by atoms with E-state index in [9.17, 15) is 4.79 Å². The summed E-state index contributed by atoms with van der Waals surface area (Å²) in [5, 5.41) is 0. The Balaban J connectivity index is 2.23. The van der Waals surface area contributed by atoms with Gasteiger partial charge >= 0.3 is 5.97 Å². The van der Waals surface area contributed by atoms with Crippen molar-refractivity contribution in [3.8, 4) is 0 Å². The molecule has 3 nitrogen and oxygen atoms in total. The number of esters is 1. The van der Waals surface area contributed by atoms with Gasteiger partial charge in [0.1, 0.15) is 6.10 Å². The van der Waals surface area contributed by atoms with E-state index in [0.29, 0.717) is 5.57 Å². The normalized spacial score (nSPS) is 34.5. The lowest BCUT2D eigenvalue weighted by Gasteiger charge is -2.32. The molecule has 0 amide bonds. The highest BCUT2D eigenvalue weighted by Crippen LogP contribution is 2.45. The van der Waals surface area contributed by atoms with Crippen LogP contribution < -0.4 is 0 Å². The van der Waals surface area contributed by atoms with E-state index in [1.807, 2.05) is 19.9 Å². The van der Waals surface area contributed by atoms with Crippen LogP contribution in [-0.2, 0) is 14.3 Å². The summed E-state index contributed by atoms with van der Waals surface area (Å²) in [6.45, 7) is 9.34. The fourth-order valence-electron chi connectivity index (χ4n) is 2.74. The number of ether oxygens (including phenoxy) is 2. The van der Waals surface area contributed by atoms with Gasteiger partial charge in [-0.25, -0.2) is 4.79 Å². The maximum Gasteiger partial charge on any atom is 0.334 e. The molecule has 0 N–H and O–H groups in total. The summed E-state index contributed by atoms with van der Waals surface area (Å²) < 4.78 is 11.5. The van der Waals surface area contributed by atoms with Gasteiger partial charge in [-0.05, 0) is 39.7 Å². The smallest absolute Gasteiger partial charge is 0.334 e. The average Bonchev–Trinajstić information content (AvgIpc) is 2.75. The fraction of sp³-hybridized carbons (Fsp3) is 0.643. The van der Waals surface area contributed by atoms with Crippen molar-refractivity contribution in [1.82, 2.24) is 0 Å². The molecule has 2 aliphatic heterocycles. The third-order valence-electron chi connectivity index (χ3n) is 3.36. The summed E-state index contributed by atoms with van der Waals surface area (Å²) in [5.74, 6) is -0.321. The Hall–Kier alpha value is -1.09. The van der Waals surface area contributed by atoms with Gasteiger partial charge in [-0.1, -0.05) is 12.2 Å². The maximum absolute atomic E-state index is 11.8. The van der Waals surface area contributed by atoms with Crippen LogP contribution in [0.1, 0.15) is 40.0 Å². The van der Waals surface area contributed by atoms with Crippen LogP contribution in [0.25, 0.3) is 0 Å². The second-order valence-corrected chi connectivity index (χ2v) is 5.37. The molecular formula is C14H20O3. The van der Waals surface area contributed by atoms with Crippen molar-refractivity contribution in [3.63, 3.8) is 0 Å². The van der Waals surface area contributed by atoms with Crippen molar-refractivity contribution in [3.05, 3.63) is 23.8 Å². The molecule has 0 spiro atoms. The number of carbonyl (C=O) groups excluding carboxylic acids is 1. The highest BCUT2D eigenvalue weighted by Gasteiger charge is 2.54. The highest BCUT2D eigenvalue weighted by molar-refractivity contribution is 5.87. The average molecular weight is 236 g/mol. The molecule has 2 saturated heterocycles. The first-order chi connectivity index (χ1) is 7.93. The molecule has 17 heavy (non-hydrogen) atoms. The summed E-state index contributed by atoms with van der Waals surface area (Å²) in [6, 6.07) is 0. The Morgan fingerprint density at radius 1 is 1.41 bits per heavy atom. The Morgan fingerprint density at radius 2 is 2.12 bits per heavy atom. The lowest BCUT2D eigenvalue weighted by atomic mass is 9.83. The topological polar surface area (TPSA) is 35.5 Å². The third kappa shape index (κ3) is 2.29. The summed E-state index contributed by atoms with van der Waals surface area (Å²) >= 11 is 0. The van der Waals surface area contributed by atoms with Crippen LogP contribution in [0.5, 0.6) is 0 Å². The van der Waals surface area contributed by atoms with Gasteiger partial charge in [0.15, 0.2) is 5.60 Å². The third-order valence-corrected chi connectivity index (χ3v) is 3.36. The Bertz CT molecular complexity index is 379. The molecule has 0 aromatic rings. The number of fused-ring (bicyclic) bond motifs is 2. The lowest BCUT2D eigenvalue weighted by molar-refractivity contribution is -0.154. The number of carbonyl (C=O) groups is 1. The van der Waals surface area contributed by atoms with Gasteiger partial charge in [0.05, 0.1) is 6.10 Å². The van der Waals surface area contributed by atoms with E-state index in [2.05, 4.69) is 6.58 Å². The summed E-state index contributed by atoms with van der Waals surface area (Å²) in [5.41, 5.74) is 1.03. The first-order valence-corrected chi connectivity index (χ1v) is 6.13. The molecule has 3 heteroatoms. The van der Waals surface area contributed by atoms with Gasteiger partial charge in [0, 0.05) is 12.0 Å². The van der Waals surface area contributed by atoms with Crippen molar-refractivity contribution < 1.29 is 14.3 Å². The molecule has 0 aromatic carbocycles. The minimum absolute atomic E-state index is 0.0192. The second-order valence-electron chi connectivity index (χ2n) is 5.37. The Kier molecular flexibility index (Phi) is 3.13. The van der Waals surface area contributed by atoms with Crippen LogP contribution in [0.15, 0.2) is 23.8 Å². The van der Waals surface area contributed by atoms with Crippen molar-refractivity contribution in [2.24, 2.45) is 0 Å². The Labute approximate surface area is 102 Å². The van der Waals surface area contributed by atoms with Crippen LogP contribution >= 0.6 is 0 Å². The summed E-state index contributed by atoms with van der Waals surface area (Å²) in [4.78, 5) is 11.8. The molecule has 2 bridgehead atoms. The molecule has 3 atom stereocenters. The molecule has 2 heterocycles. The van der Waals surface area contributed by atoms with Crippen molar-refractivity contribution in [2.75, 3.05) is 0 Å². The summed E-state index contributed by atoms with van der Waals surface area (Å²) in [6.07, 6.45) is 5.13. The van der Waals surface area contributed by atoms with Gasteiger partial charge in [-0.3, -0.25) is 0 Å². The SMILES string of the molecule is C=C(C)C(=O)OC1(C=C(C)C)CC2CCC1O2. The lowest BCUT2D eigenvalue weighted by Crippen LogP contribution is -2.42. The van der Waals surface area contributed by atoms with E-state index >= 15 is 0 Å². The van der Waals surface area contributed by atoms with Gasteiger partial charge in [0.25, 0.3) is 0 Å². The summed E-state index contributed by atoms with van der Waals surface area (Å²) in [7, 11) is 0. The number of hydrogen-bond donors (Lipinski definition) is 0. The number of allylic oxidation sites excluding steroid dienone is 1. The van der Waals surface area contributed by atoms with Crippen molar-refractivity contribution in [2.45, 2.75) is 57.8 Å². The second kappa shape index (κ2) is 4.30. The van der Waals surface area contributed by atoms with Crippen LogP contribution in [-0.4, -0.2) is 23.8 Å². The number of hydrogen-bond acceptors (Lipinski definition) is 3. The van der Waals surface area contributed by atoms with Crippen LogP contribution in [0.4, 0.5) is 0 Å². The minimum Gasteiger partial charge on any atom is -0.449 e. The molecule has 0 radical (unpaired) electrons. The van der Waals surface area contributed by atoms with Gasteiger partial charge in [-0.2, -0.15) is 0 Å². The van der Waals surface area contributed by atoms with E-state index in [-0.39, 0.29) is 18.2 Å². The van der Waals surface area contributed by atoms with E-state index < -0.39 is 5.60 Å². The zero-order chi connectivity index (χ0) is 12.6. The monoisotopic (exact) mass is 236 g/mol. The fourth-order valence-corrected chi connectivity index (χ4v) is 2.74. The first-order valence-electron chi connectivity index (χ1n) is 6.13. The molecule has 0 saturated carbocycles. The number of rotatable bonds is 3. The molecule has 2 fully saturated rings. The van der Waals surface area contributed by atoms with Crippen molar-refractivity contribution in [1.29, 1.82) is 0 Å². The molecule has 2 aliphatic rings. The van der Waals surface area contributed by atoms with Crippen LogP contribution in [0, 0.1) is 0 Å². The quantitative estimate of drug-likeness (QED) is 0.429. The molecule has 0 aromatic heterocycles. The standard InChI is InChI=1S/C14H20O3/c1-9(2)7-14(17-13(15)10(3)4)8-11-5-6-12(14)16-11/h7,11-12H,3,5-6,8H2,1-2,4H3. The van der Waals surface area contributed by atoms with E-state index in [1.165, 1.54) is 0 Å². The zero-order valence-electron chi connectivity index (χ0n) is 10.8. The predicted octanol–water partition coefficient (Wildman–Crippen LogP) is 2.76. The van der Waals surface area contributed by atoms with E-state index in [4.69, 9.17) is 9.47 Å².